The molecule has 1 heterocycles. The second-order valence-corrected chi connectivity index (χ2v) is 9.85. The van der Waals surface area contributed by atoms with Gasteiger partial charge < -0.3 is 30.1 Å². The number of non-ortho nitro benzene ring substituents is 1. The van der Waals surface area contributed by atoms with Crippen LogP contribution < -0.4 is 20.1 Å². The van der Waals surface area contributed by atoms with E-state index < -0.39 is 47.4 Å². The molecular formula is C30H31N5O9. The number of carboxylic acids is 1. The highest BCUT2D eigenvalue weighted by molar-refractivity contribution is 5.96. The summed E-state index contributed by atoms with van der Waals surface area (Å²) in [7, 11) is 3.02. The fourth-order valence-electron chi connectivity index (χ4n) is 4.80. The Morgan fingerprint density at radius 3 is 2.16 bits per heavy atom. The van der Waals surface area contributed by atoms with Crippen molar-refractivity contribution in [2.45, 2.75) is 25.0 Å². The number of urea groups is 1. The van der Waals surface area contributed by atoms with Gasteiger partial charge in [0.05, 0.1) is 38.0 Å². The Labute approximate surface area is 252 Å². The van der Waals surface area contributed by atoms with Crippen LogP contribution in [0.2, 0.25) is 0 Å². The first-order valence-electron chi connectivity index (χ1n) is 13.5. The lowest BCUT2D eigenvalue weighted by molar-refractivity contribution is -0.384. The van der Waals surface area contributed by atoms with Crippen LogP contribution in [0.1, 0.15) is 23.6 Å². The summed E-state index contributed by atoms with van der Waals surface area (Å²) in [6, 6.07) is 16.7. The number of nitro benzene ring substituents is 1. The average molecular weight is 606 g/mol. The van der Waals surface area contributed by atoms with Crippen molar-refractivity contribution in [2.75, 3.05) is 32.6 Å². The van der Waals surface area contributed by atoms with Gasteiger partial charge in [-0.1, -0.05) is 24.3 Å². The molecule has 3 aromatic carbocycles. The second kappa shape index (κ2) is 14.0. The molecule has 14 heteroatoms. The van der Waals surface area contributed by atoms with Gasteiger partial charge in [0.1, 0.15) is 11.5 Å². The highest BCUT2D eigenvalue weighted by Gasteiger charge is 2.43. The number of benzene rings is 3. The molecule has 3 N–H and O–H groups in total. The summed E-state index contributed by atoms with van der Waals surface area (Å²) >= 11 is 0. The molecule has 230 valence electrons. The van der Waals surface area contributed by atoms with E-state index in [9.17, 15) is 34.4 Å². The van der Waals surface area contributed by atoms with Gasteiger partial charge in [0, 0.05) is 30.9 Å². The molecule has 2 atom stereocenters. The molecule has 14 nitrogen and oxygen atoms in total. The van der Waals surface area contributed by atoms with Crippen molar-refractivity contribution < 1.29 is 38.7 Å². The predicted octanol–water partition coefficient (Wildman–Crippen LogP) is 3.19. The topological polar surface area (TPSA) is 181 Å². The summed E-state index contributed by atoms with van der Waals surface area (Å²) in [4.78, 5) is 65.6. The molecule has 0 spiro atoms. The predicted molar refractivity (Wildman–Crippen MR) is 157 cm³/mol. The molecule has 1 aliphatic heterocycles. The van der Waals surface area contributed by atoms with Crippen LogP contribution in [-0.2, 0) is 20.8 Å². The lowest BCUT2D eigenvalue weighted by Gasteiger charge is -2.31. The number of hydrogen-bond donors (Lipinski definition) is 3. The summed E-state index contributed by atoms with van der Waals surface area (Å²) in [5, 5.41) is 26.2. The van der Waals surface area contributed by atoms with Crippen molar-refractivity contribution in [3.05, 3.63) is 94.0 Å². The number of anilines is 1. The Morgan fingerprint density at radius 2 is 1.57 bits per heavy atom. The molecule has 1 saturated heterocycles. The summed E-state index contributed by atoms with van der Waals surface area (Å²) in [6.07, 6.45) is -2.11. The minimum atomic E-state index is -1.44. The van der Waals surface area contributed by atoms with Gasteiger partial charge in [0.2, 0.25) is 5.91 Å². The van der Waals surface area contributed by atoms with Gasteiger partial charge in [-0.15, -0.1) is 0 Å². The third-order valence-corrected chi connectivity index (χ3v) is 7.02. The van der Waals surface area contributed by atoms with Gasteiger partial charge in [-0.25, -0.2) is 4.79 Å². The van der Waals surface area contributed by atoms with E-state index in [0.717, 1.165) is 0 Å². The number of ether oxygens (including phenoxy) is 2. The van der Waals surface area contributed by atoms with Crippen molar-refractivity contribution >= 4 is 35.2 Å². The fourth-order valence-corrected chi connectivity index (χ4v) is 4.80. The number of nitrogens with zero attached hydrogens (tertiary/aromatic N) is 3. The zero-order valence-electron chi connectivity index (χ0n) is 24.0. The first-order valence-corrected chi connectivity index (χ1v) is 13.5. The minimum absolute atomic E-state index is 0.00876. The quantitative estimate of drug-likeness (QED) is 0.218. The lowest BCUT2D eigenvalue weighted by Crippen LogP contribution is -2.55. The summed E-state index contributed by atoms with van der Waals surface area (Å²) in [5.74, 6) is -1.36. The van der Waals surface area contributed by atoms with Crippen molar-refractivity contribution in [1.82, 2.24) is 15.1 Å². The standard InChI is InChI=1S/C30H31N5O9/c1-43-23-10-6-19(7-11-23)16-26(36)33-14-15-34(30(40)31-21-8-12-24(44-2)13-9-21)29(33)28(39)32-25(18-27(37)38)20-4-3-5-22(17-20)35(41)42/h3-13,17,25,29H,14-16,18H2,1-2H3,(H,31,40)(H,32,39)(H,37,38). The molecule has 4 rings (SSSR count). The molecule has 1 aliphatic rings. The molecule has 2 unspecified atom stereocenters. The molecule has 0 aromatic heterocycles. The van der Waals surface area contributed by atoms with Crippen molar-refractivity contribution in [1.29, 1.82) is 0 Å². The van der Waals surface area contributed by atoms with Crippen LogP contribution in [-0.4, -0.2) is 77.1 Å². The van der Waals surface area contributed by atoms with E-state index in [-0.39, 0.29) is 30.8 Å². The zero-order chi connectivity index (χ0) is 31.8. The van der Waals surface area contributed by atoms with Crippen LogP contribution >= 0.6 is 0 Å². The third-order valence-electron chi connectivity index (χ3n) is 7.02. The molecule has 0 bridgehead atoms. The largest absolute Gasteiger partial charge is 0.497 e. The molecule has 0 saturated carbocycles. The second-order valence-electron chi connectivity index (χ2n) is 9.85. The molecule has 44 heavy (non-hydrogen) atoms. The molecular weight excluding hydrogens is 574 g/mol. The number of hydrogen-bond acceptors (Lipinski definition) is 8. The van der Waals surface area contributed by atoms with Crippen LogP contribution in [0.4, 0.5) is 16.2 Å². The summed E-state index contributed by atoms with van der Waals surface area (Å²) < 4.78 is 10.3. The summed E-state index contributed by atoms with van der Waals surface area (Å²) in [6.45, 7) is 0.0400. The number of nitrogens with one attached hydrogen (secondary N) is 2. The summed E-state index contributed by atoms with van der Waals surface area (Å²) in [5.41, 5.74) is 0.956. The SMILES string of the molecule is COc1ccc(CC(=O)N2CCN(C(=O)Nc3ccc(OC)cc3)C2C(=O)NC(CC(=O)O)c2cccc([N+](=O)[O-])c2)cc1. The smallest absolute Gasteiger partial charge is 0.323 e. The van der Waals surface area contributed by atoms with E-state index in [1.54, 1.807) is 48.5 Å². The molecule has 1 fully saturated rings. The molecule has 0 radical (unpaired) electrons. The Bertz CT molecular complexity index is 1460. The van der Waals surface area contributed by atoms with Crippen LogP contribution in [0.15, 0.2) is 72.8 Å². The Hall–Kier alpha value is -5.66. The number of rotatable bonds is 11. The van der Waals surface area contributed by atoms with Gasteiger partial charge in [-0.05, 0) is 47.5 Å². The first-order chi connectivity index (χ1) is 21.1. The number of amides is 4. The Kier molecular flexibility index (Phi) is 9.96. The maximum Gasteiger partial charge on any atom is 0.323 e. The number of carboxylic acid groups (broad SMARTS) is 1. The number of carbonyl (C=O) groups excluding carboxylic acids is 3. The van der Waals surface area contributed by atoms with Crippen molar-refractivity contribution in [3.8, 4) is 11.5 Å². The molecule has 4 amide bonds. The van der Waals surface area contributed by atoms with Gasteiger partial charge in [0.15, 0.2) is 6.17 Å². The Balaban J connectivity index is 1.62. The van der Waals surface area contributed by atoms with Crippen LogP contribution in [0.3, 0.4) is 0 Å². The maximum absolute atomic E-state index is 13.8. The van der Waals surface area contributed by atoms with Gasteiger partial charge in [-0.3, -0.25) is 29.4 Å². The highest BCUT2D eigenvalue weighted by Crippen LogP contribution is 2.25. The lowest BCUT2D eigenvalue weighted by atomic mass is 10.0. The first kappa shape index (κ1) is 31.3. The van der Waals surface area contributed by atoms with E-state index in [0.29, 0.717) is 22.7 Å². The van der Waals surface area contributed by atoms with E-state index in [4.69, 9.17) is 9.47 Å². The Morgan fingerprint density at radius 1 is 0.955 bits per heavy atom. The van der Waals surface area contributed by atoms with Gasteiger partial charge in [0.25, 0.3) is 11.6 Å². The molecule has 3 aromatic rings. The number of methoxy groups -OCH3 is 2. The van der Waals surface area contributed by atoms with Crippen LogP contribution in [0, 0.1) is 10.1 Å². The maximum atomic E-state index is 13.8. The molecule has 0 aliphatic carbocycles. The van der Waals surface area contributed by atoms with E-state index >= 15 is 0 Å². The third kappa shape index (κ3) is 7.59. The van der Waals surface area contributed by atoms with E-state index in [1.165, 1.54) is 48.3 Å². The van der Waals surface area contributed by atoms with E-state index in [1.807, 2.05) is 0 Å². The minimum Gasteiger partial charge on any atom is -0.497 e. The number of carbonyl (C=O) groups is 4. The highest BCUT2D eigenvalue weighted by atomic mass is 16.6. The van der Waals surface area contributed by atoms with Crippen LogP contribution in [0.5, 0.6) is 11.5 Å². The zero-order valence-corrected chi connectivity index (χ0v) is 24.0. The monoisotopic (exact) mass is 605 g/mol. The van der Waals surface area contributed by atoms with E-state index in [2.05, 4.69) is 10.6 Å². The van der Waals surface area contributed by atoms with Crippen LogP contribution in [0.25, 0.3) is 0 Å². The average Bonchev–Trinajstić information content (AvgIpc) is 3.47. The fraction of sp³-hybridized carbons (Fsp3) is 0.267. The van der Waals surface area contributed by atoms with Gasteiger partial charge in [-0.2, -0.15) is 0 Å². The van der Waals surface area contributed by atoms with Crippen molar-refractivity contribution in [2.24, 2.45) is 0 Å². The number of nitro groups is 1. The van der Waals surface area contributed by atoms with Crippen molar-refractivity contribution in [3.63, 3.8) is 0 Å². The number of aliphatic carboxylic acids is 1. The normalized spacial score (nSPS) is 14.8. The van der Waals surface area contributed by atoms with Gasteiger partial charge >= 0.3 is 12.0 Å².